The highest BCUT2D eigenvalue weighted by molar-refractivity contribution is 5.84. The van der Waals surface area contributed by atoms with Crippen molar-refractivity contribution < 1.29 is 4.74 Å². The fourth-order valence-electron chi connectivity index (χ4n) is 2.42. The summed E-state index contributed by atoms with van der Waals surface area (Å²) in [6.45, 7) is 1.44. The molecule has 5 nitrogen and oxygen atoms in total. The molecule has 26 heavy (non-hydrogen) atoms. The minimum Gasteiger partial charge on any atom is -0.494 e. The van der Waals surface area contributed by atoms with Crippen LogP contribution in [0.3, 0.4) is 0 Å². The van der Waals surface area contributed by atoms with E-state index >= 15 is 0 Å². The molecule has 0 bridgehead atoms. The molecule has 0 fully saturated rings. The number of nitriles is 3. The molecule has 0 heterocycles. The predicted molar refractivity (Wildman–Crippen MR) is 100 cm³/mol. The second kappa shape index (κ2) is 9.52. The molecule has 128 valence electrons. The molecule has 0 aliphatic carbocycles. The summed E-state index contributed by atoms with van der Waals surface area (Å²) in [4.78, 5) is 2.09. The van der Waals surface area contributed by atoms with E-state index < -0.39 is 0 Å². The summed E-state index contributed by atoms with van der Waals surface area (Å²) in [7, 11) is 1.98. The van der Waals surface area contributed by atoms with Crippen LogP contribution in [0.25, 0.3) is 5.57 Å². The molecular weight excluding hydrogens is 324 g/mol. The van der Waals surface area contributed by atoms with Crippen LogP contribution in [0.15, 0.2) is 60.2 Å². The van der Waals surface area contributed by atoms with Crippen LogP contribution in [-0.4, -0.2) is 20.2 Å². The molecule has 2 aromatic carbocycles. The molecule has 0 aromatic heterocycles. The zero-order valence-electron chi connectivity index (χ0n) is 14.5. The first-order valence-electron chi connectivity index (χ1n) is 8.13. The van der Waals surface area contributed by atoms with Gasteiger partial charge in [-0.3, -0.25) is 0 Å². The van der Waals surface area contributed by atoms with Gasteiger partial charge in [0.05, 0.1) is 12.2 Å². The van der Waals surface area contributed by atoms with E-state index in [0.717, 1.165) is 24.4 Å². The topological polar surface area (TPSA) is 83.8 Å². The molecule has 0 radical (unpaired) electrons. The number of ether oxygens (including phenoxy) is 1. The van der Waals surface area contributed by atoms with Gasteiger partial charge in [-0.15, -0.1) is 0 Å². The Morgan fingerprint density at radius 2 is 1.58 bits per heavy atom. The van der Waals surface area contributed by atoms with Crippen molar-refractivity contribution in [2.45, 2.75) is 6.42 Å². The molecule has 0 aliphatic rings. The maximum Gasteiger partial charge on any atom is 0.148 e. The van der Waals surface area contributed by atoms with Crippen LogP contribution < -0.4 is 9.64 Å². The largest absolute Gasteiger partial charge is 0.494 e. The number of rotatable bonds is 7. The van der Waals surface area contributed by atoms with Crippen molar-refractivity contribution in [1.29, 1.82) is 15.8 Å². The molecule has 5 heteroatoms. The van der Waals surface area contributed by atoms with Crippen molar-refractivity contribution in [1.82, 2.24) is 0 Å². The van der Waals surface area contributed by atoms with E-state index in [-0.39, 0.29) is 11.1 Å². The lowest BCUT2D eigenvalue weighted by molar-refractivity contribution is 0.312. The lowest BCUT2D eigenvalue weighted by Gasteiger charge is -2.19. The van der Waals surface area contributed by atoms with E-state index in [1.54, 1.807) is 24.3 Å². The summed E-state index contributed by atoms with van der Waals surface area (Å²) < 4.78 is 5.68. The predicted octanol–water partition coefficient (Wildman–Crippen LogP) is 3.92. The van der Waals surface area contributed by atoms with Gasteiger partial charge in [-0.2, -0.15) is 15.8 Å². The molecule has 0 spiro atoms. The van der Waals surface area contributed by atoms with Crippen molar-refractivity contribution in [3.63, 3.8) is 0 Å². The van der Waals surface area contributed by atoms with Crippen molar-refractivity contribution in [2.24, 2.45) is 0 Å². The highest BCUT2D eigenvalue weighted by Gasteiger charge is 2.09. The second-order valence-electron chi connectivity index (χ2n) is 5.57. The number of hydrogen-bond acceptors (Lipinski definition) is 5. The van der Waals surface area contributed by atoms with E-state index in [2.05, 4.69) is 4.90 Å². The third kappa shape index (κ3) is 4.87. The number of nitrogens with zero attached hydrogens (tertiary/aromatic N) is 4. The fraction of sp³-hybridized carbons (Fsp3) is 0.190. The van der Waals surface area contributed by atoms with Crippen LogP contribution in [0.4, 0.5) is 5.69 Å². The maximum absolute atomic E-state index is 9.19. The molecular formula is C21H18N4O. The molecule has 0 unspecified atom stereocenters. The van der Waals surface area contributed by atoms with E-state index in [1.165, 1.54) is 0 Å². The quantitative estimate of drug-likeness (QED) is 0.562. The Morgan fingerprint density at radius 1 is 0.923 bits per heavy atom. The van der Waals surface area contributed by atoms with Gasteiger partial charge in [0.15, 0.2) is 0 Å². The van der Waals surface area contributed by atoms with Crippen molar-refractivity contribution in [2.75, 3.05) is 25.1 Å². The Hall–Kier alpha value is -3.75. The Morgan fingerprint density at radius 3 is 2.15 bits per heavy atom. The zero-order chi connectivity index (χ0) is 18.8. The fourth-order valence-corrected chi connectivity index (χ4v) is 2.42. The molecule has 0 saturated heterocycles. The Labute approximate surface area is 153 Å². The van der Waals surface area contributed by atoms with Gasteiger partial charge in [0.2, 0.25) is 0 Å². The molecule has 2 aromatic rings. The van der Waals surface area contributed by atoms with Crippen molar-refractivity contribution in [3.8, 4) is 24.0 Å². The van der Waals surface area contributed by atoms with Gasteiger partial charge in [-0.1, -0.05) is 30.3 Å². The highest BCUT2D eigenvalue weighted by Crippen LogP contribution is 2.21. The summed E-state index contributed by atoms with van der Waals surface area (Å²) in [5.74, 6) is 0.862. The third-order valence-corrected chi connectivity index (χ3v) is 3.83. The first kappa shape index (κ1) is 18.6. The Bertz CT molecular complexity index is 865. The maximum atomic E-state index is 9.19. The lowest BCUT2D eigenvalue weighted by Crippen LogP contribution is -2.20. The van der Waals surface area contributed by atoms with E-state index in [4.69, 9.17) is 15.3 Å². The van der Waals surface area contributed by atoms with Crippen molar-refractivity contribution >= 4 is 11.3 Å². The van der Waals surface area contributed by atoms with Gasteiger partial charge in [-0.05, 0) is 36.2 Å². The van der Waals surface area contributed by atoms with E-state index in [0.29, 0.717) is 12.2 Å². The highest BCUT2D eigenvalue weighted by atomic mass is 16.5. The average Bonchev–Trinajstić information content (AvgIpc) is 2.70. The SMILES string of the molecule is CN(CCCOc1ccccc1)c1ccc(C(C#N)=C(C#N)C#N)cc1. The molecule has 0 amide bonds. The molecule has 0 aliphatic heterocycles. The van der Waals surface area contributed by atoms with Gasteiger partial charge < -0.3 is 9.64 Å². The number of hydrogen-bond donors (Lipinski definition) is 0. The van der Waals surface area contributed by atoms with Gasteiger partial charge in [0.25, 0.3) is 0 Å². The van der Waals surface area contributed by atoms with Gasteiger partial charge >= 0.3 is 0 Å². The Balaban J connectivity index is 1.93. The Kier molecular flexibility index (Phi) is 6.81. The minimum atomic E-state index is -0.174. The third-order valence-electron chi connectivity index (χ3n) is 3.83. The van der Waals surface area contributed by atoms with E-state index in [1.807, 2.05) is 55.6 Å². The van der Waals surface area contributed by atoms with Crippen LogP contribution in [0.5, 0.6) is 5.75 Å². The molecule has 0 N–H and O–H groups in total. The first-order chi connectivity index (χ1) is 12.7. The molecule has 2 rings (SSSR count). The number of anilines is 1. The number of benzene rings is 2. The summed E-state index contributed by atoms with van der Waals surface area (Å²) in [5.41, 5.74) is 1.48. The van der Waals surface area contributed by atoms with Gasteiger partial charge in [0, 0.05) is 19.3 Å². The van der Waals surface area contributed by atoms with Crippen LogP contribution >= 0.6 is 0 Å². The second-order valence-corrected chi connectivity index (χ2v) is 5.57. The zero-order valence-corrected chi connectivity index (χ0v) is 14.5. The van der Waals surface area contributed by atoms with E-state index in [9.17, 15) is 5.26 Å². The lowest BCUT2D eigenvalue weighted by atomic mass is 10.0. The van der Waals surface area contributed by atoms with Crippen LogP contribution in [0.2, 0.25) is 0 Å². The first-order valence-corrected chi connectivity index (χ1v) is 8.13. The van der Waals surface area contributed by atoms with Gasteiger partial charge in [-0.25, -0.2) is 0 Å². The van der Waals surface area contributed by atoms with Crippen LogP contribution in [0, 0.1) is 34.0 Å². The molecule has 0 atom stereocenters. The standard InChI is InChI=1S/C21H18N4O/c1-25(12-5-13-26-20-6-3-2-4-7-20)19-10-8-17(9-11-19)21(16-24)18(14-22)15-23/h2-4,6-11H,5,12-13H2,1H3. The van der Waals surface area contributed by atoms with Crippen LogP contribution in [-0.2, 0) is 0 Å². The van der Waals surface area contributed by atoms with Crippen molar-refractivity contribution in [3.05, 3.63) is 65.7 Å². The molecule has 0 saturated carbocycles. The average molecular weight is 342 g/mol. The summed E-state index contributed by atoms with van der Waals surface area (Å²) in [5, 5.41) is 27.1. The smallest absolute Gasteiger partial charge is 0.148 e. The normalized spacial score (nSPS) is 9.31. The monoisotopic (exact) mass is 342 g/mol. The summed E-state index contributed by atoms with van der Waals surface area (Å²) in [6.07, 6.45) is 0.865. The summed E-state index contributed by atoms with van der Waals surface area (Å²) >= 11 is 0. The van der Waals surface area contributed by atoms with Gasteiger partial charge in [0.1, 0.15) is 29.5 Å². The summed E-state index contributed by atoms with van der Waals surface area (Å²) in [6, 6.07) is 22.4. The minimum absolute atomic E-state index is 0.0977. The number of allylic oxidation sites excluding steroid dienone is 2. The number of para-hydroxylation sites is 1. The van der Waals surface area contributed by atoms with Crippen LogP contribution in [0.1, 0.15) is 12.0 Å².